The second-order valence-corrected chi connectivity index (χ2v) is 3.93. The number of ketones is 1. The number of hydrogen-bond donors (Lipinski definition) is 1. The molecule has 7 nitrogen and oxygen atoms in total. The lowest BCUT2D eigenvalue weighted by Crippen LogP contribution is -2.02. The maximum Gasteiger partial charge on any atom is 0.354 e. The molecule has 2 rings (SSSR count). The van der Waals surface area contributed by atoms with Gasteiger partial charge >= 0.3 is 5.97 Å². The molecule has 0 spiro atoms. The van der Waals surface area contributed by atoms with Crippen LogP contribution in [0.2, 0.25) is 0 Å². The zero-order valence-corrected chi connectivity index (χ0v) is 10.5. The Hall–Kier alpha value is -2.96. The van der Waals surface area contributed by atoms with Crippen LogP contribution in [0.1, 0.15) is 26.4 Å². The molecule has 1 aromatic carbocycles. The molecule has 0 radical (unpaired) electrons. The van der Waals surface area contributed by atoms with Gasteiger partial charge in [0.1, 0.15) is 5.69 Å². The monoisotopic (exact) mass is 274 g/mol. The number of non-ortho nitro benzene ring substituents is 1. The van der Waals surface area contributed by atoms with Gasteiger partial charge in [-0.15, -0.1) is 0 Å². The smallest absolute Gasteiger partial charge is 0.354 e. The van der Waals surface area contributed by atoms with Crippen LogP contribution in [-0.4, -0.2) is 28.8 Å². The van der Waals surface area contributed by atoms with Crippen molar-refractivity contribution in [1.29, 1.82) is 0 Å². The highest BCUT2D eigenvalue weighted by Crippen LogP contribution is 2.16. The number of nitro groups is 1. The number of nitrogens with one attached hydrogen (secondary N) is 1. The number of aromatic nitrogens is 1. The first-order valence-corrected chi connectivity index (χ1v) is 5.59. The van der Waals surface area contributed by atoms with Crippen molar-refractivity contribution in [3.05, 3.63) is 63.5 Å². The second kappa shape index (κ2) is 5.35. The highest BCUT2D eigenvalue weighted by atomic mass is 16.6. The minimum Gasteiger partial charge on any atom is -0.464 e. The maximum atomic E-state index is 12.1. The van der Waals surface area contributed by atoms with Crippen LogP contribution in [0.4, 0.5) is 5.69 Å². The summed E-state index contributed by atoms with van der Waals surface area (Å²) in [5.41, 5.74) is 0.647. The Morgan fingerprint density at radius 2 is 1.85 bits per heavy atom. The first-order chi connectivity index (χ1) is 9.52. The summed E-state index contributed by atoms with van der Waals surface area (Å²) >= 11 is 0. The molecule has 7 heteroatoms. The summed E-state index contributed by atoms with van der Waals surface area (Å²) in [6, 6.07) is 6.61. The molecule has 0 bridgehead atoms. The maximum absolute atomic E-state index is 12.1. The molecule has 0 aliphatic carbocycles. The lowest BCUT2D eigenvalue weighted by atomic mass is 10.1. The molecule has 0 aliphatic heterocycles. The van der Waals surface area contributed by atoms with Crippen LogP contribution in [0.15, 0.2) is 36.5 Å². The molecule has 20 heavy (non-hydrogen) atoms. The quantitative estimate of drug-likeness (QED) is 0.397. The third kappa shape index (κ3) is 2.56. The minimum atomic E-state index is -0.576. The van der Waals surface area contributed by atoms with Gasteiger partial charge in [0.15, 0.2) is 5.78 Å². The van der Waals surface area contributed by atoms with Crippen molar-refractivity contribution in [1.82, 2.24) is 4.98 Å². The van der Waals surface area contributed by atoms with Gasteiger partial charge in [0.05, 0.1) is 12.0 Å². The summed E-state index contributed by atoms with van der Waals surface area (Å²) < 4.78 is 4.52. The fraction of sp³-hybridized carbons (Fsp3) is 0.0769. The number of aromatic amines is 1. The number of nitrogens with zero attached hydrogens (tertiary/aromatic N) is 1. The second-order valence-electron chi connectivity index (χ2n) is 3.93. The van der Waals surface area contributed by atoms with E-state index in [4.69, 9.17) is 0 Å². The highest BCUT2D eigenvalue weighted by molar-refractivity contribution is 6.10. The lowest BCUT2D eigenvalue weighted by molar-refractivity contribution is -0.384. The summed E-state index contributed by atoms with van der Waals surface area (Å²) in [6.45, 7) is 0. The topological polar surface area (TPSA) is 102 Å². The summed E-state index contributed by atoms with van der Waals surface area (Å²) in [7, 11) is 1.24. The number of esters is 1. The number of nitro benzene ring substituents is 1. The van der Waals surface area contributed by atoms with Crippen molar-refractivity contribution in [3.8, 4) is 0 Å². The molecule has 1 N–H and O–H groups in total. The van der Waals surface area contributed by atoms with Crippen LogP contribution >= 0.6 is 0 Å². The van der Waals surface area contributed by atoms with E-state index in [0.29, 0.717) is 5.56 Å². The normalized spacial score (nSPS) is 10.1. The van der Waals surface area contributed by atoms with Gasteiger partial charge in [0, 0.05) is 29.5 Å². The number of ether oxygens (including phenoxy) is 1. The Morgan fingerprint density at radius 3 is 2.40 bits per heavy atom. The fourth-order valence-corrected chi connectivity index (χ4v) is 1.65. The lowest BCUT2D eigenvalue weighted by Gasteiger charge is -1.97. The van der Waals surface area contributed by atoms with E-state index in [-0.39, 0.29) is 22.7 Å². The Labute approximate surface area is 113 Å². The summed E-state index contributed by atoms with van der Waals surface area (Å²) in [6.07, 6.45) is 1.38. The molecule has 0 unspecified atom stereocenters. The largest absolute Gasteiger partial charge is 0.464 e. The molecule has 2 aromatic rings. The Balaban J connectivity index is 2.24. The van der Waals surface area contributed by atoms with E-state index in [2.05, 4.69) is 9.72 Å². The minimum absolute atomic E-state index is 0.0918. The number of carbonyl (C=O) groups is 2. The molecule has 102 valence electrons. The average Bonchev–Trinajstić information content (AvgIpc) is 2.95. The van der Waals surface area contributed by atoms with E-state index in [9.17, 15) is 19.7 Å². The predicted molar refractivity (Wildman–Crippen MR) is 68.7 cm³/mol. The van der Waals surface area contributed by atoms with E-state index in [1.165, 1.54) is 43.6 Å². The standard InChI is InChI=1S/C13H10N2O5/c1-20-13(17)11-6-9(7-14-11)12(16)8-2-4-10(5-3-8)15(18)19/h2-7,14H,1H3. The molecule has 1 heterocycles. The molecule has 0 fully saturated rings. The SMILES string of the molecule is COC(=O)c1cc(C(=O)c2ccc([N+](=O)[O-])cc2)c[nH]1. The van der Waals surface area contributed by atoms with Crippen molar-refractivity contribution < 1.29 is 19.2 Å². The Kier molecular flexibility index (Phi) is 3.60. The number of rotatable bonds is 4. The van der Waals surface area contributed by atoms with E-state index in [1.54, 1.807) is 0 Å². The Morgan fingerprint density at radius 1 is 1.20 bits per heavy atom. The van der Waals surface area contributed by atoms with Crippen LogP contribution in [0.25, 0.3) is 0 Å². The van der Waals surface area contributed by atoms with Gasteiger partial charge in [-0.25, -0.2) is 4.79 Å². The number of hydrogen-bond acceptors (Lipinski definition) is 5. The van der Waals surface area contributed by atoms with E-state index >= 15 is 0 Å². The zero-order valence-electron chi connectivity index (χ0n) is 10.5. The number of carbonyl (C=O) groups excluding carboxylic acids is 2. The van der Waals surface area contributed by atoms with Crippen LogP contribution in [0.5, 0.6) is 0 Å². The predicted octanol–water partition coefficient (Wildman–Crippen LogP) is 1.94. The third-order valence-electron chi connectivity index (χ3n) is 2.69. The molecule has 0 saturated heterocycles. The van der Waals surface area contributed by atoms with E-state index < -0.39 is 10.9 Å². The van der Waals surface area contributed by atoms with Crippen molar-refractivity contribution in [3.63, 3.8) is 0 Å². The van der Waals surface area contributed by atoms with E-state index in [0.717, 1.165) is 0 Å². The third-order valence-corrected chi connectivity index (χ3v) is 2.69. The average molecular weight is 274 g/mol. The molecular weight excluding hydrogens is 264 g/mol. The summed E-state index contributed by atoms with van der Waals surface area (Å²) in [4.78, 5) is 36.0. The molecule has 0 amide bonds. The Bertz CT molecular complexity index is 672. The van der Waals surface area contributed by atoms with E-state index in [1.807, 2.05) is 0 Å². The van der Waals surface area contributed by atoms with Gasteiger partial charge in [-0.1, -0.05) is 0 Å². The zero-order chi connectivity index (χ0) is 14.7. The molecule has 1 aromatic heterocycles. The van der Waals surface area contributed by atoms with Crippen LogP contribution in [0.3, 0.4) is 0 Å². The van der Waals surface area contributed by atoms with Crippen molar-refractivity contribution in [2.75, 3.05) is 7.11 Å². The summed E-state index contributed by atoms with van der Waals surface area (Å²) in [5, 5.41) is 10.5. The number of H-pyrrole nitrogens is 1. The fourth-order valence-electron chi connectivity index (χ4n) is 1.65. The van der Waals surface area contributed by atoms with Crippen LogP contribution in [-0.2, 0) is 4.74 Å². The van der Waals surface area contributed by atoms with Gasteiger partial charge in [-0.05, 0) is 18.2 Å². The van der Waals surface area contributed by atoms with Crippen molar-refractivity contribution in [2.45, 2.75) is 0 Å². The van der Waals surface area contributed by atoms with Gasteiger partial charge in [-0.2, -0.15) is 0 Å². The van der Waals surface area contributed by atoms with Gasteiger partial charge in [0.2, 0.25) is 0 Å². The van der Waals surface area contributed by atoms with Crippen LogP contribution < -0.4 is 0 Å². The highest BCUT2D eigenvalue weighted by Gasteiger charge is 2.15. The molecule has 0 atom stereocenters. The number of methoxy groups -OCH3 is 1. The molecular formula is C13H10N2O5. The number of benzene rings is 1. The van der Waals surface area contributed by atoms with Crippen LogP contribution in [0, 0.1) is 10.1 Å². The first kappa shape index (κ1) is 13.5. The molecule has 0 aliphatic rings. The molecule has 0 saturated carbocycles. The first-order valence-electron chi connectivity index (χ1n) is 5.59. The van der Waals surface area contributed by atoms with Gasteiger partial charge in [-0.3, -0.25) is 14.9 Å². The van der Waals surface area contributed by atoms with Gasteiger partial charge in [0.25, 0.3) is 5.69 Å². The van der Waals surface area contributed by atoms with Gasteiger partial charge < -0.3 is 9.72 Å². The summed E-state index contributed by atoms with van der Waals surface area (Å²) in [5.74, 6) is -0.918. The van der Waals surface area contributed by atoms with Crippen molar-refractivity contribution in [2.24, 2.45) is 0 Å². The van der Waals surface area contributed by atoms with Crippen molar-refractivity contribution >= 4 is 17.4 Å².